The van der Waals surface area contributed by atoms with E-state index in [9.17, 15) is 14.9 Å². The molecule has 0 radical (unpaired) electrons. The molecule has 0 unspecified atom stereocenters. The molecule has 0 saturated carbocycles. The van der Waals surface area contributed by atoms with Crippen molar-refractivity contribution in [1.82, 2.24) is 0 Å². The number of benzene rings is 3. The van der Waals surface area contributed by atoms with Gasteiger partial charge >= 0.3 is 5.97 Å². The van der Waals surface area contributed by atoms with E-state index < -0.39 is 10.9 Å². The highest BCUT2D eigenvalue weighted by molar-refractivity contribution is 8.00. The molecule has 0 saturated heterocycles. The van der Waals surface area contributed by atoms with E-state index in [4.69, 9.17) is 16.3 Å². The Bertz CT molecular complexity index is 943. The highest BCUT2D eigenvalue weighted by Crippen LogP contribution is 2.31. The fourth-order valence-electron chi connectivity index (χ4n) is 2.28. The maximum absolute atomic E-state index is 12.1. The summed E-state index contributed by atoms with van der Waals surface area (Å²) in [5.74, 6) is 0.138. The van der Waals surface area contributed by atoms with Crippen LogP contribution in [0.5, 0.6) is 5.75 Å². The lowest BCUT2D eigenvalue weighted by Gasteiger charge is -2.09. The normalized spacial score (nSPS) is 10.6. The zero-order chi connectivity index (χ0) is 17.8. The third-order valence-electron chi connectivity index (χ3n) is 3.46. The third-order valence-corrected chi connectivity index (χ3v) is 4.77. The van der Waals surface area contributed by atoms with Crippen molar-refractivity contribution in [2.24, 2.45) is 0 Å². The Kier molecular flexibility index (Phi) is 5.21. The first-order valence-electron chi connectivity index (χ1n) is 7.30. The molecule has 0 bridgehead atoms. The largest absolute Gasteiger partial charge is 0.425 e. The van der Waals surface area contributed by atoms with Crippen LogP contribution in [0.4, 0.5) is 5.69 Å². The summed E-state index contributed by atoms with van der Waals surface area (Å²) in [5, 5.41) is 12.8. The van der Waals surface area contributed by atoms with Gasteiger partial charge in [0, 0.05) is 32.8 Å². The molecule has 0 atom stereocenters. The summed E-state index contributed by atoms with van der Waals surface area (Å²) in [4.78, 5) is 23.0. The molecule has 0 heterocycles. The number of esters is 1. The lowest BCUT2D eigenvalue weighted by molar-refractivity contribution is -0.384. The molecule has 126 valence electrons. The highest BCUT2D eigenvalue weighted by Gasteiger charge is 2.11. The Balaban J connectivity index is 1.67. The number of carbonyl (C=O) groups is 1. The summed E-state index contributed by atoms with van der Waals surface area (Å²) < 4.78 is 5.44. The number of carbonyl (C=O) groups excluding carboxylic acids is 1. The van der Waals surface area contributed by atoms with Gasteiger partial charge < -0.3 is 4.74 Å². The zero-order valence-corrected chi connectivity index (χ0v) is 14.4. The molecule has 5 nitrogen and oxygen atoms in total. The Morgan fingerprint density at radius 2 is 1.72 bits per heavy atom. The maximum atomic E-state index is 12.1. The highest BCUT2D eigenvalue weighted by atomic mass is 35.5. The van der Waals surface area contributed by atoms with Crippen LogP contribution in [-0.2, 0) is 4.79 Å². The van der Waals surface area contributed by atoms with Gasteiger partial charge in [0.05, 0.1) is 10.7 Å². The van der Waals surface area contributed by atoms with E-state index in [1.807, 2.05) is 24.3 Å². The number of thioether (sulfide) groups is 1. The molecule has 25 heavy (non-hydrogen) atoms. The van der Waals surface area contributed by atoms with Crippen LogP contribution >= 0.6 is 23.4 Å². The van der Waals surface area contributed by atoms with Crippen LogP contribution in [0.1, 0.15) is 0 Å². The third kappa shape index (κ3) is 4.10. The summed E-state index contributed by atoms with van der Waals surface area (Å²) in [6.45, 7) is 0. The van der Waals surface area contributed by atoms with Crippen LogP contribution in [0.2, 0.25) is 5.02 Å². The molecule has 0 N–H and O–H groups in total. The predicted octanol–water partition coefficient (Wildman–Crippen LogP) is 5.10. The minimum atomic E-state index is -0.464. The molecule has 0 aliphatic rings. The standard InChI is InChI=1S/C18H12ClNO4S/c19-16-9-10-17(15-4-2-1-3-14(15)16)24-18(21)11-25-13-7-5-12(6-8-13)20(22)23/h1-10H,11H2. The van der Waals surface area contributed by atoms with E-state index in [0.29, 0.717) is 10.8 Å². The average Bonchev–Trinajstić information content (AvgIpc) is 2.63. The molecule has 0 aliphatic heterocycles. The molecule has 0 amide bonds. The Morgan fingerprint density at radius 3 is 2.40 bits per heavy atom. The second-order valence-corrected chi connectivity index (χ2v) is 6.56. The van der Waals surface area contributed by atoms with Gasteiger partial charge in [-0.2, -0.15) is 0 Å². The van der Waals surface area contributed by atoms with Gasteiger partial charge in [0.2, 0.25) is 0 Å². The lowest BCUT2D eigenvalue weighted by Crippen LogP contribution is -2.10. The summed E-state index contributed by atoms with van der Waals surface area (Å²) in [7, 11) is 0. The van der Waals surface area contributed by atoms with E-state index in [0.717, 1.165) is 15.7 Å². The number of nitro benzene ring substituents is 1. The number of fused-ring (bicyclic) bond motifs is 1. The number of rotatable bonds is 5. The number of hydrogen-bond donors (Lipinski definition) is 0. The first kappa shape index (κ1) is 17.3. The lowest BCUT2D eigenvalue weighted by atomic mass is 10.1. The summed E-state index contributed by atoms with van der Waals surface area (Å²) >= 11 is 7.40. The Hall–Kier alpha value is -2.57. The molecule has 0 spiro atoms. The van der Waals surface area contributed by atoms with Crippen molar-refractivity contribution < 1.29 is 14.5 Å². The molecule has 3 aromatic rings. The van der Waals surface area contributed by atoms with Crippen molar-refractivity contribution in [3.63, 3.8) is 0 Å². The van der Waals surface area contributed by atoms with Gasteiger partial charge in [-0.05, 0) is 24.3 Å². The van der Waals surface area contributed by atoms with Gasteiger partial charge in [0.1, 0.15) is 5.75 Å². The van der Waals surface area contributed by atoms with Gasteiger partial charge in [-0.15, -0.1) is 11.8 Å². The molecule has 0 fully saturated rings. The fraction of sp³-hybridized carbons (Fsp3) is 0.0556. The van der Waals surface area contributed by atoms with Gasteiger partial charge in [-0.1, -0.05) is 35.9 Å². The smallest absolute Gasteiger partial charge is 0.321 e. The van der Waals surface area contributed by atoms with Crippen molar-refractivity contribution >= 4 is 45.8 Å². The molecule has 7 heteroatoms. The SMILES string of the molecule is O=C(CSc1ccc([N+](=O)[O-])cc1)Oc1ccc(Cl)c2ccccc12. The van der Waals surface area contributed by atoms with Crippen molar-refractivity contribution in [2.45, 2.75) is 4.90 Å². The predicted molar refractivity (Wildman–Crippen MR) is 98.4 cm³/mol. The van der Waals surface area contributed by atoms with Crippen molar-refractivity contribution in [1.29, 1.82) is 0 Å². The van der Waals surface area contributed by atoms with E-state index in [1.165, 1.54) is 23.9 Å². The molecule has 0 aromatic heterocycles. The molecule has 0 aliphatic carbocycles. The molecular weight excluding hydrogens is 362 g/mol. The number of hydrogen-bond acceptors (Lipinski definition) is 5. The van der Waals surface area contributed by atoms with Crippen LogP contribution in [0, 0.1) is 10.1 Å². The average molecular weight is 374 g/mol. The van der Waals surface area contributed by atoms with Gasteiger partial charge in [0.25, 0.3) is 5.69 Å². The van der Waals surface area contributed by atoms with E-state index in [2.05, 4.69) is 0 Å². The van der Waals surface area contributed by atoms with Crippen molar-refractivity contribution in [3.8, 4) is 5.75 Å². The van der Waals surface area contributed by atoms with E-state index in [-0.39, 0.29) is 11.4 Å². The molecule has 3 rings (SSSR count). The van der Waals surface area contributed by atoms with Crippen LogP contribution in [0.3, 0.4) is 0 Å². The first-order valence-corrected chi connectivity index (χ1v) is 8.66. The van der Waals surface area contributed by atoms with Gasteiger partial charge in [-0.25, -0.2) is 0 Å². The quantitative estimate of drug-likeness (QED) is 0.204. The number of nitrogens with zero attached hydrogens (tertiary/aromatic N) is 1. The van der Waals surface area contributed by atoms with Crippen molar-refractivity contribution in [2.75, 3.05) is 5.75 Å². The number of ether oxygens (including phenoxy) is 1. The fourth-order valence-corrected chi connectivity index (χ4v) is 3.18. The Morgan fingerprint density at radius 1 is 1.04 bits per heavy atom. The Labute approximate surface area is 152 Å². The topological polar surface area (TPSA) is 69.4 Å². The minimum absolute atomic E-state index is 0.0135. The van der Waals surface area contributed by atoms with Gasteiger partial charge in [0.15, 0.2) is 0 Å². The minimum Gasteiger partial charge on any atom is -0.425 e. The summed E-state index contributed by atoms with van der Waals surface area (Å²) in [6.07, 6.45) is 0. The maximum Gasteiger partial charge on any atom is 0.321 e. The van der Waals surface area contributed by atoms with Crippen LogP contribution in [0.15, 0.2) is 65.6 Å². The zero-order valence-electron chi connectivity index (χ0n) is 12.8. The van der Waals surface area contributed by atoms with Crippen LogP contribution < -0.4 is 4.74 Å². The molecule has 3 aromatic carbocycles. The second-order valence-electron chi connectivity index (χ2n) is 5.10. The number of halogens is 1. The number of nitro groups is 1. The van der Waals surface area contributed by atoms with E-state index >= 15 is 0 Å². The second kappa shape index (κ2) is 7.55. The van der Waals surface area contributed by atoms with Crippen LogP contribution in [-0.4, -0.2) is 16.6 Å². The summed E-state index contributed by atoms with van der Waals surface area (Å²) in [6, 6.07) is 16.8. The van der Waals surface area contributed by atoms with Gasteiger partial charge in [-0.3, -0.25) is 14.9 Å². The van der Waals surface area contributed by atoms with Crippen LogP contribution in [0.25, 0.3) is 10.8 Å². The van der Waals surface area contributed by atoms with Crippen molar-refractivity contribution in [3.05, 3.63) is 75.8 Å². The molecular formula is C18H12ClNO4S. The first-order chi connectivity index (χ1) is 12.0. The summed E-state index contributed by atoms with van der Waals surface area (Å²) in [5.41, 5.74) is 0.0135. The number of non-ortho nitro benzene ring substituents is 1. The monoisotopic (exact) mass is 373 g/mol. The van der Waals surface area contributed by atoms with E-state index in [1.54, 1.807) is 24.3 Å².